The molecule has 7 heteroatoms. The highest BCUT2D eigenvalue weighted by Crippen LogP contribution is 2.48. The van der Waals surface area contributed by atoms with Crippen molar-refractivity contribution in [3.05, 3.63) is 95.6 Å². The maximum atomic E-state index is 13.7. The fourth-order valence-electron chi connectivity index (χ4n) is 4.64. The normalized spacial score (nSPS) is 21.6. The van der Waals surface area contributed by atoms with Gasteiger partial charge < -0.3 is 4.74 Å². The fourth-order valence-corrected chi connectivity index (χ4v) is 4.64. The van der Waals surface area contributed by atoms with Crippen LogP contribution in [-0.2, 0) is 19.2 Å². The Morgan fingerprint density at radius 1 is 0.912 bits per heavy atom. The average Bonchev–Trinajstić information content (AvgIpc) is 3.36. The van der Waals surface area contributed by atoms with Gasteiger partial charge in [-0.3, -0.25) is 14.4 Å². The third-order valence-electron chi connectivity index (χ3n) is 6.25. The second-order valence-corrected chi connectivity index (χ2v) is 8.30. The van der Waals surface area contributed by atoms with E-state index in [4.69, 9.17) is 9.57 Å². The van der Waals surface area contributed by atoms with Crippen LogP contribution in [0.4, 0.5) is 11.4 Å². The number of carbonyl (C=O) groups is 3. The second-order valence-electron chi connectivity index (χ2n) is 8.30. The SMILES string of the molecule is CCOC(=O)c1ccc(N2C(=O)[C@@H]3[C@H](ON(c4ccccc4C)[C@H]3c3ccccc3)C2=O)cc1. The molecule has 0 N–H and O–H groups in total. The van der Waals surface area contributed by atoms with Gasteiger partial charge in [0, 0.05) is 0 Å². The highest BCUT2D eigenvalue weighted by Gasteiger charge is 2.60. The number of amides is 2. The highest BCUT2D eigenvalue weighted by molar-refractivity contribution is 6.24. The molecule has 0 aromatic heterocycles. The topological polar surface area (TPSA) is 76.2 Å². The Labute approximate surface area is 197 Å². The molecule has 7 nitrogen and oxygen atoms in total. The summed E-state index contributed by atoms with van der Waals surface area (Å²) in [4.78, 5) is 46.4. The summed E-state index contributed by atoms with van der Waals surface area (Å²) < 4.78 is 5.01. The van der Waals surface area contributed by atoms with E-state index in [1.165, 1.54) is 0 Å². The molecule has 0 spiro atoms. The van der Waals surface area contributed by atoms with Crippen LogP contribution in [0.3, 0.4) is 0 Å². The Hall–Kier alpha value is -3.97. The van der Waals surface area contributed by atoms with Crippen LogP contribution in [0.15, 0.2) is 78.9 Å². The number of nitrogens with zero attached hydrogens (tertiary/aromatic N) is 2. The molecule has 3 aromatic rings. The van der Waals surface area contributed by atoms with Gasteiger partial charge in [-0.25, -0.2) is 14.8 Å². The zero-order valence-electron chi connectivity index (χ0n) is 18.9. The van der Waals surface area contributed by atoms with E-state index in [2.05, 4.69) is 0 Å². The number of hydroxylamine groups is 1. The minimum absolute atomic E-state index is 0.267. The quantitative estimate of drug-likeness (QED) is 0.423. The van der Waals surface area contributed by atoms with E-state index in [1.54, 1.807) is 36.3 Å². The molecule has 2 amide bonds. The number of benzene rings is 3. The van der Waals surface area contributed by atoms with Crippen molar-refractivity contribution in [3.63, 3.8) is 0 Å². The number of hydrogen-bond acceptors (Lipinski definition) is 6. The summed E-state index contributed by atoms with van der Waals surface area (Å²) in [5, 5.41) is 1.71. The smallest absolute Gasteiger partial charge is 0.338 e. The largest absolute Gasteiger partial charge is 0.462 e. The first-order valence-corrected chi connectivity index (χ1v) is 11.2. The van der Waals surface area contributed by atoms with E-state index in [1.807, 2.05) is 61.5 Å². The molecule has 5 rings (SSSR count). The predicted molar refractivity (Wildman–Crippen MR) is 126 cm³/mol. The van der Waals surface area contributed by atoms with Crippen LogP contribution in [0.25, 0.3) is 0 Å². The predicted octanol–water partition coefficient (Wildman–Crippen LogP) is 4.22. The molecule has 0 unspecified atom stereocenters. The van der Waals surface area contributed by atoms with Crippen molar-refractivity contribution >= 4 is 29.2 Å². The molecule has 2 saturated heterocycles. The van der Waals surface area contributed by atoms with Crippen LogP contribution in [0.2, 0.25) is 0 Å². The standard InChI is InChI=1S/C27H24N2O5/c1-3-33-27(32)19-13-15-20(16-14-19)28-25(30)22-23(18-10-5-4-6-11-18)29(34-24(22)26(28)31)21-12-8-7-9-17(21)2/h4-16,22-24H,3H2,1-2H3/t22-,23-,24-/m0/s1. The Balaban J connectivity index is 1.51. The maximum Gasteiger partial charge on any atom is 0.338 e. The van der Waals surface area contributed by atoms with Crippen LogP contribution >= 0.6 is 0 Å². The van der Waals surface area contributed by atoms with Crippen molar-refractivity contribution in [2.75, 3.05) is 16.6 Å². The van der Waals surface area contributed by atoms with Gasteiger partial charge in [0.2, 0.25) is 5.91 Å². The number of esters is 1. The van der Waals surface area contributed by atoms with Crippen LogP contribution in [0.1, 0.15) is 34.5 Å². The Kier molecular flexibility index (Phi) is 5.63. The molecular formula is C27H24N2O5. The molecule has 3 atom stereocenters. The number of fused-ring (bicyclic) bond motifs is 1. The van der Waals surface area contributed by atoms with Gasteiger partial charge >= 0.3 is 5.97 Å². The number of carbonyl (C=O) groups excluding carboxylic acids is 3. The Bertz CT molecular complexity index is 1240. The first-order valence-electron chi connectivity index (χ1n) is 11.2. The molecule has 172 valence electrons. The molecule has 0 radical (unpaired) electrons. The zero-order chi connectivity index (χ0) is 23.8. The minimum atomic E-state index is -0.943. The molecule has 2 aliphatic rings. The van der Waals surface area contributed by atoms with Crippen molar-refractivity contribution < 1.29 is 24.0 Å². The van der Waals surface area contributed by atoms with Gasteiger partial charge in [0.05, 0.1) is 29.6 Å². The van der Waals surface area contributed by atoms with Crippen molar-refractivity contribution in [1.82, 2.24) is 0 Å². The van der Waals surface area contributed by atoms with Gasteiger partial charge in [0.15, 0.2) is 6.10 Å². The molecule has 0 aliphatic carbocycles. The van der Waals surface area contributed by atoms with Crippen molar-refractivity contribution in [1.29, 1.82) is 0 Å². The van der Waals surface area contributed by atoms with E-state index in [0.29, 0.717) is 11.3 Å². The number of ether oxygens (including phenoxy) is 1. The Morgan fingerprint density at radius 3 is 2.26 bits per heavy atom. The lowest BCUT2D eigenvalue weighted by molar-refractivity contribution is -0.126. The highest BCUT2D eigenvalue weighted by atomic mass is 16.7. The van der Waals surface area contributed by atoms with E-state index in [-0.39, 0.29) is 12.5 Å². The molecule has 0 saturated carbocycles. The van der Waals surface area contributed by atoms with E-state index in [9.17, 15) is 14.4 Å². The summed E-state index contributed by atoms with van der Waals surface area (Å²) in [5.41, 5.74) is 3.44. The Morgan fingerprint density at radius 2 is 1.59 bits per heavy atom. The number of para-hydroxylation sites is 1. The monoisotopic (exact) mass is 456 g/mol. The molecular weight excluding hydrogens is 432 g/mol. The van der Waals surface area contributed by atoms with Crippen LogP contribution < -0.4 is 9.96 Å². The second kappa shape index (κ2) is 8.76. The lowest BCUT2D eigenvalue weighted by Gasteiger charge is -2.29. The van der Waals surface area contributed by atoms with Crippen molar-refractivity contribution in [2.24, 2.45) is 5.92 Å². The molecule has 3 aromatic carbocycles. The van der Waals surface area contributed by atoms with Crippen LogP contribution in [-0.4, -0.2) is 30.5 Å². The third-order valence-corrected chi connectivity index (χ3v) is 6.25. The summed E-state index contributed by atoms with van der Waals surface area (Å²) in [7, 11) is 0. The summed E-state index contributed by atoms with van der Waals surface area (Å²) in [6.07, 6.45) is -0.943. The van der Waals surface area contributed by atoms with E-state index in [0.717, 1.165) is 21.7 Å². The van der Waals surface area contributed by atoms with Gasteiger partial charge in [-0.05, 0) is 55.3 Å². The average molecular weight is 456 g/mol. The molecule has 34 heavy (non-hydrogen) atoms. The maximum absolute atomic E-state index is 13.7. The molecule has 2 fully saturated rings. The lowest BCUT2D eigenvalue weighted by atomic mass is 9.90. The first-order chi connectivity index (χ1) is 16.5. The lowest BCUT2D eigenvalue weighted by Crippen LogP contribution is -2.37. The van der Waals surface area contributed by atoms with Gasteiger partial charge in [-0.15, -0.1) is 0 Å². The van der Waals surface area contributed by atoms with Gasteiger partial charge in [-0.1, -0.05) is 48.5 Å². The van der Waals surface area contributed by atoms with Gasteiger partial charge in [0.1, 0.15) is 5.92 Å². The van der Waals surface area contributed by atoms with Gasteiger partial charge in [-0.2, -0.15) is 0 Å². The fraction of sp³-hybridized carbons (Fsp3) is 0.222. The number of hydrogen-bond donors (Lipinski definition) is 0. The third kappa shape index (κ3) is 3.54. The van der Waals surface area contributed by atoms with Crippen molar-refractivity contribution in [3.8, 4) is 0 Å². The molecule has 2 heterocycles. The first kappa shape index (κ1) is 21.9. The summed E-state index contributed by atoms with van der Waals surface area (Å²) >= 11 is 0. The van der Waals surface area contributed by atoms with Crippen molar-refractivity contribution in [2.45, 2.75) is 26.0 Å². The van der Waals surface area contributed by atoms with Crippen LogP contribution in [0.5, 0.6) is 0 Å². The number of anilines is 2. The van der Waals surface area contributed by atoms with Gasteiger partial charge in [0.25, 0.3) is 5.91 Å². The van der Waals surface area contributed by atoms with E-state index < -0.39 is 29.9 Å². The summed E-state index contributed by atoms with van der Waals surface area (Å²) in [6, 6.07) is 23.1. The minimum Gasteiger partial charge on any atom is -0.462 e. The number of rotatable bonds is 5. The molecule has 0 bridgehead atoms. The number of imide groups is 1. The molecule has 2 aliphatic heterocycles. The van der Waals surface area contributed by atoms with Crippen LogP contribution in [0, 0.1) is 12.8 Å². The summed E-state index contributed by atoms with van der Waals surface area (Å²) in [5.74, 6) is -1.91. The zero-order valence-corrected chi connectivity index (χ0v) is 18.9. The summed E-state index contributed by atoms with van der Waals surface area (Å²) in [6.45, 7) is 3.97. The number of aryl methyl sites for hydroxylation is 1. The van der Waals surface area contributed by atoms with E-state index >= 15 is 0 Å².